The number of hydrogen-bond acceptors (Lipinski definition) is 4. The number of ether oxygens (including phenoxy) is 1. The molecule has 0 spiro atoms. The molecular weight excluding hydrogens is 419 g/mol. The fraction of sp³-hybridized carbons (Fsp3) is 0.250. The third kappa shape index (κ3) is 3.96. The van der Waals surface area contributed by atoms with E-state index in [0.29, 0.717) is 34.4 Å². The van der Waals surface area contributed by atoms with E-state index in [0.717, 1.165) is 40.9 Å². The van der Waals surface area contributed by atoms with Crippen molar-refractivity contribution < 1.29 is 9.53 Å². The summed E-state index contributed by atoms with van der Waals surface area (Å²) in [5.41, 5.74) is 4.92. The maximum atomic E-state index is 12.7. The number of allylic oxidation sites excluding steroid dienone is 4. The molecule has 0 radical (unpaired) electrons. The van der Waals surface area contributed by atoms with E-state index in [1.807, 2.05) is 37.3 Å². The molecule has 152 valence electrons. The Balaban J connectivity index is 1.58. The summed E-state index contributed by atoms with van der Waals surface area (Å²) in [7, 11) is 0. The van der Waals surface area contributed by atoms with Gasteiger partial charge in [-0.1, -0.05) is 41.4 Å². The van der Waals surface area contributed by atoms with Crippen molar-refractivity contribution in [2.45, 2.75) is 38.7 Å². The zero-order chi connectivity index (χ0) is 21.3. The highest BCUT2D eigenvalue weighted by atomic mass is 35.5. The van der Waals surface area contributed by atoms with Crippen LogP contribution in [0.5, 0.6) is 5.75 Å². The summed E-state index contributed by atoms with van der Waals surface area (Å²) in [5, 5.41) is 14.0. The van der Waals surface area contributed by atoms with Gasteiger partial charge in [-0.05, 0) is 55.2 Å². The van der Waals surface area contributed by atoms with E-state index in [4.69, 9.17) is 27.9 Å². The van der Waals surface area contributed by atoms with Gasteiger partial charge in [0, 0.05) is 23.4 Å². The largest absolute Gasteiger partial charge is 0.489 e. The van der Waals surface area contributed by atoms with Crippen LogP contribution in [0, 0.1) is 11.3 Å². The molecule has 1 atom stereocenters. The van der Waals surface area contributed by atoms with Gasteiger partial charge in [-0.15, -0.1) is 0 Å². The first kappa shape index (κ1) is 20.5. The van der Waals surface area contributed by atoms with Gasteiger partial charge in [0.2, 0.25) is 0 Å². The Morgan fingerprint density at radius 2 is 1.90 bits per heavy atom. The lowest BCUT2D eigenvalue weighted by atomic mass is 9.76. The van der Waals surface area contributed by atoms with E-state index >= 15 is 0 Å². The van der Waals surface area contributed by atoms with E-state index in [2.05, 4.69) is 11.4 Å². The van der Waals surface area contributed by atoms with Gasteiger partial charge in [0.25, 0.3) is 0 Å². The van der Waals surface area contributed by atoms with Crippen molar-refractivity contribution in [2.75, 3.05) is 0 Å². The number of nitriles is 1. The summed E-state index contributed by atoms with van der Waals surface area (Å²) in [6.45, 7) is 2.25. The Morgan fingerprint density at radius 3 is 2.60 bits per heavy atom. The Labute approximate surface area is 185 Å². The number of nitrogens with zero attached hydrogens (tertiary/aromatic N) is 1. The summed E-state index contributed by atoms with van der Waals surface area (Å²) in [5.74, 6) is 0.485. The molecule has 1 heterocycles. The molecule has 0 fully saturated rings. The molecule has 0 saturated heterocycles. The summed E-state index contributed by atoms with van der Waals surface area (Å²) >= 11 is 12.0. The number of dihydropyridines is 1. The van der Waals surface area contributed by atoms with Crippen molar-refractivity contribution >= 4 is 29.0 Å². The van der Waals surface area contributed by atoms with Crippen LogP contribution in [0.2, 0.25) is 10.0 Å². The number of carbonyl (C=O) groups excluding carboxylic acids is 1. The van der Waals surface area contributed by atoms with Gasteiger partial charge in [-0.25, -0.2) is 0 Å². The second kappa shape index (κ2) is 8.55. The molecule has 1 N–H and O–H groups in total. The number of nitrogens with one attached hydrogen (secondary N) is 1. The van der Waals surface area contributed by atoms with Crippen molar-refractivity contribution in [3.63, 3.8) is 0 Å². The Hall–Kier alpha value is -2.74. The van der Waals surface area contributed by atoms with Crippen LogP contribution in [0.3, 0.4) is 0 Å². The lowest BCUT2D eigenvalue weighted by Crippen LogP contribution is -2.31. The number of halogens is 2. The molecule has 0 aromatic heterocycles. The molecule has 2 aliphatic rings. The van der Waals surface area contributed by atoms with Gasteiger partial charge in [0.15, 0.2) is 5.78 Å². The normalized spacial score (nSPS) is 18.6. The molecule has 0 bridgehead atoms. The lowest BCUT2D eigenvalue weighted by Gasteiger charge is -2.32. The summed E-state index contributed by atoms with van der Waals surface area (Å²) in [6, 6.07) is 15.3. The predicted octanol–water partition coefficient (Wildman–Crippen LogP) is 6.06. The average molecular weight is 439 g/mol. The maximum Gasteiger partial charge on any atom is 0.161 e. The molecule has 0 saturated carbocycles. The van der Waals surface area contributed by atoms with Gasteiger partial charge in [-0.2, -0.15) is 5.26 Å². The van der Waals surface area contributed by atoms with Crippen molar-refractivity contribution in [3.05, 3.63) is 86.2 Å². The van der Waals surface area contributed by atoms with E-state index in [1.54, 1.807) is 12.1 Å². The minimum atomic E-state index is -0.330. The molecular formula is C24H20Cl2N2O2. The number of carbonyl (C=O) groups is 1. The van der Waals surface area contributed by atoms with Crippen LogP contribution >= 0.6 is 23.2 Å². The highest BCUT2D eigenvalue weighted by Gasteiger charge is 2.35. The molecule has 1 aliphatic carbocycles. The molecule has 4 nitrogen and oxygen atoms in total. The third-order valence-electron chi connectivity index (χ3n) is 5.50. The van der Waals surface area contributed by atoms with Gasteiger partial charge in [-0.3, -0.25) is 4.79 Å². The minimum Gasteiger partial charge on any atom is -0.489 e. The Bertz CT molecular complexity index is 1110. The average Bonchev–Trinajstić information content (AvgIpc) is 2.74. The van der Waals surface area contributed by atoms with Crippen molar-refractivity contribution in [2.24, 2.45) is 0 Å². The third-order valence-corrected chi connectivity index (χ3v) is 6.24. The van der Waals surface area contributed by atoms with Crippen LogP contribution < -0.4 is 10.1 Å². The molecule has 6 heteroatoms. The topological polar surface area (TPSA) is 62.1 Å². The first-order valence-corrected chi connectivity index (χ1v) is 10.5. The fourth-order valence-electron chi connectivity index (χ4n) is 4.02. The van der Waals surface area contributed by atoms with Gasteiger partial charge in [0.05, 0.1) is 27.6 Å². The predicted molar refractivity (Wildman–Crippen MR) is 117 cm³/mol. The monoisotopic (exact) mass is 438 g/mol. The standard InChI is InChI=1S/C24H20Cl2N2O2/c1-14-18(12-27)23(24-21(28-14)3-2-4-22(24)29)16-6-8-17(9-7-16)30-13-15-5-10-19(25)20(26)11-15/h5-11,23,28H,2-4,13H2,1H3/t23-/m0/s1. The molecule has 1 aliphatic heterocycles. The molecule has 2 aromatic rings. The first-order valence-electron chi connectivity index (χ1n) is 9.78. The molecule has 30 heavy (non-hydrogen) atoms. The van der Waals surface area contributed by atoms with Crippen molar-refractivity contribution in [1.82, 2.24) is 5.32 Å². The molecule has 0 unspecified atom stereocenters. The van der Waals surface area contributed by atoms with Crippen molar-refractivity contribution in [1.29, 1.82) is 5.26 Å². The molecule has 4 rings (SSSR count). The van der Waals surface area contributed by atoms with E-state index in [1.165, 1.54) is 0 Å². The molecule has 2 aromatic carbocycles. The number of Topliss-reactive ketones (excluding diaryl/α,β-unsaturated/α-hetero) is 1. The van der Waals surface area contributed by atoms with E-state index in [9.17, 15) is 10.1 Å². The van der Waals surface area contributed by atoms with Crippen LogP contribution in [-0.2, 0) is 11.4 Å². The zero-order valence-electron chi connectivity index (χ0n) is 16.5. The van der Waals surface area contributed by atoms with Crippen LogP contribution in [0.25, 0.3) is 0 Å². The van der Waals surface area contributed by atoms with Crippen LogP contribution in [0.15, 0.2) is 65.0 Å². The van der Waals surface area contributed by atoms with Gasteiger partial charge >= 0.3 is 0 Å². The smallest absolute Gasteiger partial charge is 0.161 e. The highest BCUT2D eigenvalue weighted by Crippen LogP contribution is 2.42. The zero-order valence-corrected chi connectivity index (χ0v) is 18.0. The van der Waals surface area contributed by atoms with E-state index < -0.39 is 0 Å². The number of ketones is 1. The molecule has 0 amide bonds. The Morgan fingerprint density at radius 1 is 1.13 bits per heavy atom. The summed E-state index contributed by atoms with van der Waals surface area (Å²) in [6.07, 6.45) is 2.20. The van der Waals surface area contributed by atoms with Crippen LogP contribution in [0.4, 0.5) is 0 Å². The maximum absolute atomic E-state index is 12.7. The minimum absolute atomic E-state index is 0.119. The number of hydrogen-bond donors (Lipinski definition) is 1. The SMILES string of the molecule is CC1=C(C#N)[C@H](c2ccc(OCc3ccc(Cl)c(Cl)c3)cc2)C2=C(CCCC2=O)N1. The van der Waals surface area contributed by atoms with E-state index in [-0.39, 0.29) is 11.7 Å². The number of rotatable bonds is 4. The van der Waals surface area contributed by atoms with Gasteiger partial charge in [0.1, 0.15) is 12.4 Å². The Kier molecular flexibility index (Phi) is 5.85. The number of benzene rings is 2. The van der Waals surface area contributed by atoms with Gasteiger partial charge < -0.3 is 10.1 Å². The summed E-state index contributed by atoms with van der Waals surface area (Å²) in [4.78, 5) is 12.7. The second-order valence-electron chi connectivity index (χ2n) is 7.48. The van der Waals surface area contributed by atoms with Crippen LogP contribution in [0.1, 0.15) is 43.2 Å². The lowest BCUT2D eigenvalue weighted by molar-refractivity contribution is -0.116. The fourth-order valence-corrected chi connectivity index (χ4v) is 4.34. The highest BCUT2D eigenvalue weighted by molar-refractivity contribution is 6.42. The van der Waals surface area contributed by atoms with Crippen LogP contribution in [-0.4, -0.2) is 5.78 Å². The quantitative estimate of drug-likeness (QED) is 0.629. The second-order valence-corrected chi connectivity index (χ2v) is 8.30. The first-order chi connectivity index (χ1) is 14.5. The van der Waals surface area contributed by atoms with Crippen molar-refractivity contribution in [3.8, 4) is 11.8 Å². The summed E-state index contributed by atoms with van der Waals surface area (Å²) < 4.78 is 5.86.